The molecule has 188 valence electrons. The van der Waals surface area contributed by atoms with Gasteiger partial charge in [-0.25, -0.2) is 0 Å². The zero-order valence-corrected chi connectivity index (χ0v) is 22.3. The molecule has 0 radical (unpaired) electrons. The topological polar surface area (TPSA) is 60.7 Å². The summed E-state index contributed by atoms with van der Waals surface area (Å²) in [7, 11) is 0. The van der Waals surface area contributed by atoms with E-state index in [1.165, 1.54) is 31.3 Å². The van der Waals surface area contributed by atoms with Gasteiger partial charge in [-0.1, -0.05) is 54.5 Å². The average molecular weight is 459 g/mol. The van der Waals surface area contributed by atoms with Crippen LogP contribution >= 0.6 is 0 Å². The monoisotopic (exact) mass is 458 g/mol. The summed E-state index contributed by atoms with van der Waals surface area (Å²) in [5.41, 5.74) is 1.69. The van der Waals surface area contributed by atoms with Gasteiger partial charge in [0.15, 0.2) is 0 Å². The Morgan fingerprint density at radius 2 is 1.52 bits per heavy atom. The SMILES string of the molecule is CC1C(CO)=CCC2(C)C(O)CC3(C)C(CCC4C5(C)CCC(O)C(C)(C)C5CCC43C)C12. The van der Waals surface area contributed by atoms with Crippen LogP contribution in [0.25, 0.3) is 0 Å². The number of allylic oxidation sites excluding steroid dienone is 1. The third kappa shape index (κ3) is 2.85. The maximum atomic E-state index is 11.7. The lowest BCUT2D eigenvalue weighted by atomic mass is 9.31. The molecule has 11 atom stereocenters. The van der Waals surface area contributed by atoms with Gasteiger partial charge in [0.2, 0.25) is 0 Å². The Bertz CT molecular complexity index is 832. The van der Waals surface area contributed by atoms with E-state index in [-0.39, 0.29) is 45.9 Å². The zero-order chi connectivity index (χ0) is 24.2. The molecule has 0 saturated heterocycles. The summed E-state index contributed by atoms with van der Waals surface area (Å²) in [6.07, 6.45) is 10.6. The largest absolute Gasteiger partial charge is 0.393 e. The van der Waals surface area contributed by atoms with Crippen LogP contribution in [0, 0.1) is 56.7 Å². The molecule has 0 aromatic carbocycles. The Hall–Kier alpha value is -0.380. The van der Waals surface area contributed by atoms with Crippen molar-refractivity contribution < 1.29 is 15.3 Å². The first-order chi connectivity index (χ1) is 15.3. The molecule has 5 aliphatic carbocycles. The zero-order valence-electron chi connectivity index (χ0n) is 22.3. The summed E-state index contributed by atoms with van der Waals surface area (Å²) in [4.78, 5) is 0. The molecule has 0 aliphatic heterocycles. The molecule has 0 amide bonds. The van der Waals surface area contributed by atoms with Crippen molar-refractivity contribution in [2.75, 3.05) is 6.61 Å². The number of hydrogen-bond donors (Lipinski definition) is 3. The molecular weight excluding hydrogens is 408 g/mol. The molecule has 0 bridgehead atoms. The van der Waals surface area contributed by atoms with Gasteiger partial charge in [0.05, 0.1) is 18.8 Å². The van der Waals surface area contributed by atoms with Gasteiger partial charge in [0, 0.05) is 5.41 Å². The molecule has 5 rings (SSSR count). The van der Waals surface area contributed by atoms with E-state index in [2.05, 4.69) is 54.5 Å². The van der Waals surface area contributed by atoms with Gasteiger partial charge in [-0.3, -0.25) is 0 Å². The summed E-state index contributed by atoms with van der Waals surface area (Å²) < 4.78 is 0. The normalized spacial score (nSPS) is 57.8. The lowest BCUT2D eigenvalue weighted by molar-refractivity contribution is -0.267. The minimum atomic E-state index is -0.284. The molecule has 3 N–H and O–H groups in total. The van der Waals surface area contributed by atoms with Crippen LogP contribution in [0.1, 0.15) is 99.8 Å². The Morgan fingerprint density at radius 3 is 2.18 bits per heavy atom. The lowest BCUT2D eigenvalue weighted by Crippen LogP contribution is -2.69. The minimum absolute atomic E-state index is 0.0184. The van der Waals surface area contributed by atoms with Crippen molar-refractivity contribution in [3.63, 3.8) is 0 Å². The molecule has 0 spiro atoms. The molecule has 4 fully saturated rings. The molecular formula is C30H50O3. The Balaban J connectivity index is 1.57. The van der Waals surface area contributed by atoms with Gasteiger partial charge < -0.3 is 15.3 Å². The van der Waals surface area contributed by atoms with Crippen molar-refractivity contribution in [3.05, 3.63) is 11.6 Å². The van der Waals surface area contributed by atoms with Crippen molar-refractivity contribution in [2.24, 2.45) is 56.7 Å². The highest BCUT2D eigenvalue weighted by atomic mass is 16.3. The summed E-state index contributed by atoms with van der Waals surface area (Å²) in [5.74, 6) is 2.60. The third-order valence-electron chi connectivity index (χ3n) is 13.6. The maximum absolute atomic E-state index is 11.7. The molecule has 3 nitrogen and oxygen atoms in total. The van der Waals surface area contributed by atoms with Gasteiger partial charge in [-0.15, -0.1) is 0 Å². The number of aliphatic hydroxyl groups excluding tert-OH is 3. The molecule has 0 heterocycles. The number of aliphatic hydroxyl groups is 3. The van der Waals surface area contributed by atoms with E-state index in [4.69, 9.17) is 0 Å². The predicted molar refractivity (Wildman–Crippen MR) is 133 cm³/mol. The fraction of sp³-hybridized carbons (Fsp3) is 0.933. The second-order valence-electron chi connectivity index (χ2n) is 14.7. The van der Waals surface area contributed by atoms with Crippen LogP contribution in [0.4, 0.5) is 0 Å². The second-order valence-corrected chi connectivity index (χ2v) is 14.7. The van der Waals surface area contributed by atoms with Crippen molar-refractivity contribution >= 4 is 0 Å². The Kier molecular flexibility index (Phi) is 5.40. The van der Waals surface area contributed by atoms with E-state index < -0.39 is 0 Å². The Morgan fingerprint density at radius 1 is 0.818 bits per heavy atom. The molecule has 4 saturated carbocycles. The van der Waals surface area contributed by atoms with Crippen molar-refractivity contribution in [1.29, 1.82) is 0 Å². The summed E-state index contributed by atoms with van der Waals surface area (Å²) in [5, 5.41) is 32.7. The van der Waals surface area contributed by atoms with Gasteiger partial charge in [0.25, 0.3) is 0 Å². The summed E-state index contributed by atoms with van der Waals surface area (Å²) >= 11 is 0. The highest BCUT2D eigenvalue weighted by molar-refractivity contribution is 5.24. The van der Waals surface area contributed by atoms with Gasteiger partial charge in [0.1, 0.15) is 0 Å². The first-order valence-corrected chi connectivity index (χ1v) is 13.9. The number of rotatable bonds is 1. The molecule has 11 unspecified atom stereocenters. The van der Waals surface area contributed by atoms with E-state index in [0.29, 0.717) is 29.6 Å². The highest BCUT2D eigenvalue weighted by Crippen LogP contribution is 2.76. The van der Waals surface area contributed by atoms with Crippen LogP contribution in [0.2, 0.25) is 0 Å². The van der Waals surface area contributed by atoms with Crippen LogP contribution in [0.5, 0.6) is 0 Å². The number of hydrogen-bond acceptors (Lipinski definition) is 3. The fourth-order valence-electron chi connectivity index (χ4n) is 11.4. The predicted octanol–water partition coefficient (Wildman–Crippen LogP) is 5.97. The van der Waals surface area contributed by atoms with Gasteiger partial charge in [-0.05, 0) is 108 Å². The standard InChI is InChI=1S/C30H50O3/c1-18-19(17-31)10-13-28(5)24(33)16-30(7)20(25(18)28)8-9-22-27(4)14-12-23(32)26(2,3)21(27)11-15-29(22,30)6/h10,18,20-25,31-33H,8-9,11-17H2,1-7H3. The summed E-state index contributed by atoms with van der Waals surface area (Å²) in [6, 6.07) is 0. The van der Waals surface area contributed by atoms with E-state index in [0.717, 1.165) is 25.7 Å². The lowest BCUT2D eigenvalue weighted by Gasteiger charge is -2.74. The van der Waals surface area contributed by atoms with Crippen LogP contribution in [0.15, 0.2) is 11.6 Å². The molecule has 33 heavy (non-hydrogen) atoms. The van der Waals surface area contributed by atoms with Crippen LogP contribution in [-0.4, -0.2) is 34.1 Å². The smallest absolute Gasteiger partial charge is 0.0644 e. The molecule has 3 heteroatoms. The number of fused-ring (bicyclic) bond motifs is 7. The summed E-state index contributed by atoms with van der Waals surface area (Å²) in [6.45, 7) is 17.1. The molecule has 0 aromatic heterocycles. The fourth-order valence-corrected chi connectivity index (χ4v) is 11.4. The first kappa shape index (κ1) is 24.3. The quantitative estimate of drug-likeness (QED) is 0.424. The van der Waals surface area contributed by atoms with Crippen LogP contribution in [0.3, 0.4) is 0 Å². The third-order valence-corrected chi connectivity index (χ3v) is 13.6. The van der Waals surface area contributed by atoms with Crippen molar-refractivity contribution in [3.8, 4) is 0 Å². The first-order valence-electron chi connectivity index (χ1n) is 13.9. The molecule has 5 aliphatic rings. The van der Waals surface area contributed by atoms with Gasteiger partial charge in [-0.2, -0.15) is 0 Å². The van der Waals surface area contributed by atoms with E-state index >= 15 is 0 Å². The van der Waals surface area contributed by atoms with Crippen LogP contribution in [-0.2, 0) is 0 Å². The Labute approximate surface area is 202 Å². The van der Waals surface area contributed by atoms with Crippen molar-refractivity contribution in [2.45, 2.75) is 112 Å². The minimum Gasteiger partial charge on any atom is -0.393 e. The van der Waals surface area contributed by atoms with E-state index in [1.54, 1.807) is 0 Å². The van der Waals surface area contributed by atoms with Gasteiger partial charge >= 0.3 is 0 Å². The van der Waals surface area contributed by atoms with Crippen LogP contribution < -0.4 is 0 Å². The average Bonchev–Trinajstić information content (AvgIpc) is 2.73. The van der Waals surface area contributed by atoms with E-state index in [9.17, 15) is 15.3 Å². The highest BCUT2D eigenvalue weighted by Gasteiger charge is 2.71. The maximum Gasteiger partial charge on any atom is 0.0644 e. The van der Waals surface area contributed by atoms with E-state index in [1.807, 2.05) is 0 Å². The molecule has 0 aromatic rings. The van der Waals surface area contributed by atoms with Crippen molar-refractivity contribution in [1.82, 2.24) is 0 Å². The second kappa shape index (κ2) is 7.32.